The lowest BCUT2D eigenvalue weighted by atomic mass is 10.1. The molecule has 1 fully saturated rings. The van der Waals surface area contributed by atoms with Crippen LogP contribution in [0.4, 0.5) is 18.3 Å². The van der Waals surface area contributed by atoms with Crippen LogP contribution in [0.3, 0.4) is 0 Å². The minimum Gasteiger partial charge on any atom is -0.391 e. The van der Waals surface area contributed by atoms with Gasteiger partial charge in [0.2, 0.25) is 0 Å². The van der Waals surface area contributed by atoms with Gasteiger partial charge >= 0.3 is 6.18 Å². The molecule has 21 heavy (non-hydrogen) atoms. The molecule has 1 N–H and O–H groups in total. The molecule has 0 spiro atoms. The van der Waals surface area contributed by atoms with Crippen molar-refractivity contribution in [3.05, 3.63) is 10.6 Å². The first-order chi connectivity index (χ1) is 9.80. The number of piperazine rings is 1. The summed E-state index contributed by atoms with van der Waals surface area (Å²) < 4.78 is 37.1. The molecule has 1 aliphatic heterocycles. The average molecular weight is 323 g/mol. The van der Waals surface area contributed by atoms with E-state index in [9.17, 15) is 18.3 Å². The molecule has 0 radical (unpaired) electrons. The molecule has 0 aromatic carbocycles. The first-order valence-electron chi connectivity index (χ1n) is 6.94. The molecule has 0 unspecified atom stereocenters. The number of aliphatic hydroxyl groups excluding tert-OH is 1. The van der Waals surface area contributed by atoms with Crippen LogP contribution in [0.15, 0.2) is 0 Å². The maximum Gasteiger partial charge on any atom is 0.401 e. The molecule has 120 valence electrons. The van der Waals surface area contributed by atoms with Crippen molar-refractivity contribution in [2.24, 2.45) is 0 Å². The van der Waals surface area contributed by atoms with E-state index < -0.39 is 12.7 Å². The molecular formula is C13H20F3N3OS. The van der Waals surface area contributed by atoms with E-state index in [2.05, 4.69) is 4.98 Å². The summed E-state index contributed by atoms with van der Waals surface area (Å²) in [6, 6.07) is 0. The van der Waals surface area contributed by atoms with Crippen LogP contribution in [-0.2, 0) is 6.61 Å². The number of thiazole rings is 1. The molecule has 1 saturated heterocycles. The van der Waals surface area contributed by atoms with Crippen LogP contribution >= 0.6 is 11.3 Å². The van der Waals surface area contributed by atoms with E-state index in [1.807, 2.05) is 18.7 Å². The number of hydrogen-bond acceptors (Lipinski definition) is 5. The van der Waals surface area contributed by atoms with E-state index >= 15 is 0 Å². The van der Waals surface area contributed by atoms with Gasteiger partial charge in [-0.2, -0.15) is 13.2 Å². The third kappa shape index (κ3) is 4.31. The first kappa shape index (κ1) is 16.5. The highest BCUT2D eigenvalue weighted by Crippen LogP contribution is 2.31. The molecular weight excluding hydrogens is 303 g/mol. The van der Waals surface area contributed by atoms with Gasteiger partial charge in [0.25, 0.3) is 0 Å². The fourth-order valence-corrected chi connectivity index (χ4v) is 3.53. The van der Waals surface area contributed by atoms with Gasteiger partial charge in [-0.05, 0) is 5.92 Å². The summed E-state index contributed by atoms with van der Waals surface area (Å²) in [4.78, 5) is 8.81. The van der Waals surface area contributed by atoms with Crippen LogP contribution in [-0.4, -0.2) is 53.9 Å². The van der Waals surface area contributed by atoms with Crippen LogP contribution in [0.25, 0.3) is 0 Å². The number of aromatic nitrogens is 1. The van der Waals surface area contributed by atoms with Crippen molar-refractivity contribution in [3.63, 3.8) is 0 Å². The first-order valence-corrected chi connectivity index (χ1v) is 7.76. The summed E-state index contributed by atoms with van der Waals surface area (Å²) >= 11 is 1.43. The smallest absolute Gasteiger partial charge is 0.391 e. The number of hydrogen-bond donors (Lipinski definition) is 1. The molecule has 0 atom stereocenters. The lowest BCUT2D eigenvalue weighted by Crippen LogP contribution is -2.49. The molecule has 0 bridgehead atoms. The molecule has 2 rings (SSSR count). The molecule has 0 aliphatic carbocycles. The van der Waals surface area contributed by atoms with E-state index in [-0.39, 0.29) is 12.5 Å². The molecule has 8 heteroatoms. The van der Waals surface area contributed by atoms with Gasteiger partial charge < -0.3 is 10.0 Å². The summed E-state index contributed by atoms with van der Waals surface area (Å²) in [6.07, 6.45) is -4.14. The second-order valence-corrected chi connectivity index (χ2v) is 6.56. The topological polar surface area (TPSA) is 39.6 Å². The number of alkyl halides is 3. The Kier molecular flexibility index (Phi) is 5.11. The molecule has 0 saturated carbocycles. The monoisotopic (exact) mass is 323 g/mol. The minimum absolute atomic E-state index is 0.0424. The van der Waals surface area contributed by atoms with Crippen molar-refractivity contribution in [2.75, 3.05) is 37.6 Å². The summed E-state index contributed by atoms with van der Waals surface area (Å²) in [5, 5.41) is 10.2. The van der Waals surface area contributed by atoms with E-state index in [0.29, 0.717) is 26.2 Å². The zero-order valence-corrected chi connectivity index (χ0v) is 13.0. The SMILES string of the molecule is CC(C)c1nc(N2CCN(CC(F)(F)F)CC2)sc1CO. The average Bonchev–Trinajstić information content (AvgIpc) is 2.82. The van der Waals surface area contributed by atoms with Gasteiger partial charge in [-0.3, -0.25) is 4.90 Å². The van der Waals surface area contributed by atoms with Crippen LogP contribution in [0.1, 0.15) is 30.3 Å². The van der Waals surface area contributed by atoms with Crippen molar-refractivity contribution in [1.29, 1.82) is 0 Å². The Bertz CT molecular complexity index is 468. The van der Waals surface area contributed by atoms with Gasteiger partial charge in [-0.1, -0.05) is 25.2 Å². The largest absolute Gasteiger partial charge is 0.401 e. The number of aliphatic hydroxyl groups is 1. The molecule has 0 amide bonds. The predicted octanol–water partition coefficient (Wildman–Crippen LogP) is 2.44. The Morgan fingerprint density at radius 3 is 2.29 bits per heavy atom. The number of rotatable bonds is 4. The number of anilines is 1. The van der Waals surface area contributed by atoms with Gasteiger partial charge in [-0.25, -0.2) is 4.98 Å². The van der Waals surface area contributed by atoms with Gasteiger partial charge in [0, 0.05) is 26.2 Å². The molecule has 4 nitrogen and oxygen atoms in total. The Morgan fingerprint density at radius 1 is 1.24 bits per heavy atom. The molecule has 1 aromatic rings. The van der Waals surface area contributed by atoms with Crippen LogP contribution in [0.5, 0.6) is 0 Å². The van der Waals surface area contributed by atoms with Crippen LogP contribution in [0.2, 0.25) is 0 Å². The zero-order chi connectivity index (χ0) is 15.6. The van der Waals surface area contributed by atoms with Gasteiger partial charge in [0.05, 0.1) is 23.7 Å². The summed E-state index contributed by atoms with van der Waals surface area (Å²) in [7, 11) is 0. The minimum atomic E-state index is -4.14. The highest BCUT2D eigenvalue weighted by atomic mass is 32.1. The normalized spacial score (nSPS) is 17.8. The molecule has 2 heterocycles. The summed E-state index contributed by atoms with van der Waals surface area (Å²) in [5.41, 5.74) is 0.884. The lowest BCUT2D eigenvalue weighted by molar-refractivity contribution is -0.146. The third-order valence-electron chi connectivity index (χ3n) is 3.45. The number of nitrogens with zero attached hydrogens (tertiary/aromatic N) is 3. The van der Waals surface area contributed by atoms with Crippen molar-refractivity contribution < 1.29 is 18.3 Å². The lowest BCUT2D eigenvalue weighted by Gasteiger charge is -2.34. The van der Waals surface area contributed by atoms with Crippen LogP contribution in [0, 0.1) is 0 Å². The highest BCUT2D eigenvalue weighted by Gasteiger charge is 2.32. The second-order valence-electron chi connectivity index (χ2n) is 5.50. The Balaban J connectivity index is 1.99. The summed E-state index contributed by atoms with van der Waals surface area (Å²) in [5.74, 6) is 0.226. The van der Waals surface area contributed by atoms with Crippen molar-refractivity contribution in [3.8, 4) is 0 Å². The van der Waals surface area contributed by atoms with E-state index in [1.54, 1.807) is 0 Å². The Labute approximate surface area is 126 Å². The van der Waals surface area contributed by atoms with Crippen LogP contribution < -0.4 is 4.90 Å². The predicted molar refractivity (Wildman–Crippen MR) is 76.8 cm³/mol. The quantitative estimate of drug-likeness (QED) is 0.924. The van der Waals surface area contributed by atoms with E-state index in [4.69, 9.17) is 0 Å². The van der Waals surface area contributed by atoms with E-state index in [1.165, 1.54) is 16.2 Å². The third-order valence-corrected chi connectivity index (χ3v) is 4.57. The Morgan fingerprint density at radius 2 is 1.86 bits per heavy atom. The fourth-order valence-electron chi connectivity index (χ4n) is 2.40. The molecule has 1 aliphatic rings. The molecule has 1 aromatic heterocycles. The van der Waals surface area contributed by atoms with Crippen molar-refractivity contribution in [1.82, 2.24) is 9.88 Å². The van der Waals surface area contributed by atoms with Crippen molar-refractivity contribution in [2.45, 2.75) is 32.5 Å². The maximum atomic E-state index is 12.4. The van der Waals surface area contributed by atoms with Gasteiger partial charge in [0.1, 0.15) is 0 Å². The van der Waals surface area contributed by atoms with Gasteiger partial charge in [-0.15, -0.1) is 0 Å². The standard InChI is InChI=1S/C13H20F3N3OS/c1-9(2)11-10(7-20)21-12(17-11)19-5-3-18(4-6-19)8-13(14,15)16/h9,20H,3-8H2,1-2H3. The van der Waals surface area contributed by atoms with Gasteiger partial charge in [0.15, 0.2) is 5.13 Å². The number of halogens is 3. The van der Waals surface area contributed by atoms with E-state index in [0.717, 1.165) is 15.7 Å². The van der Waals surface area contributed by atoms with Crippen molar-refractivity contribution >= 4 is 16.5 Å². The fraction of sp³-hybridized carbons (Fsp3) is 0.769. The highest BCUT2D eigenvalue weighted by molar-refractivity contribution is 7.15. The zero-order valence-electron chi connectivity index (χ0n) is 12.2. The maximum absolute atomic E-state index is 12.4. The summed E-state index contributed by atoms with van der Waals surface area (Å²) in [6.45, 7) is 4.96. The Hall–Kier alpha value is -0.860. The second kappa shape index (κ2) is 6.50.